The first-order valence-corrected chi connectivity index (χ1v) is 16.1. The number of pyridine rings is 1. The first kappa shape index (κ1) is 28.1. The predicted octanol–water partition coefficient (Wildman–Crippen LogP) is 6.10. The van der Waals surface area contributed by atoms with E-state index in [-0.39, 0.29) is 6.10 Å². The zero-order valence-electron chi connectivity index (χ0n) is 25.3. The Labute approximate surface area is 241 Å². The van der Waals surface area contributed by atoms with E-state index in [0.717, 1.165) is 87.0 Å². The molecule has 0 aromatic carbocycles. The number of ether oxygens (including phenoxy) is 1. The maximum absolute atomic E-state index is 13.3. The van der Waals surface area contributed by atoms with Crippen molar-refractivity contribution in [3.63, 3.8) is 0 Å². The zero-order valence-corrected chi connectivity index (χ0v) is 25.3. The maximum atomic E-state index is 13.3. The molecule has 1 saturated heterocycles. The highest BCUT2D eigenvalue weighted by Crippen LogP contribution is 2.67. The quantitative estimate of drug-likeness (QED) is 0.435. The third kappa shape index (κ3) is 4.86. The van der Waals surface area contributed by atoms with E-state index in [1.54, 1.807) is 18.9 Å². The number of carbonyl (C=O) groups excluding carboxylic acids is 1. The number of aliphatic hydroxyl groups is 1. The molecule has 2 heterocycles. The van der Waals surface area contributed by atoms with Gasteiger partial charge in [-0.1, -0.05) is 32.4 Å². The lowest BCUT2D eigenvalue weighted by Gasteiger charge is -2.58. The van der Waals surface area contributed by atoms with Crippen molar-refractivity contribution in [3.8, 4) is 5.75 Å². The minimum atomic E-state index is -0.127. The van der Waals surface area contributed by atoms with Crippen LogP contribution in [0.25, 0.3) is 0 Å². The van der Waals surface area contributed by atoms with Gasteiger partial charge in [0.05, 0.1) is 31.3 Å². The van der Waals surface area contributed by atoms with Crippen LogP contribution in [0, 0.1) is 40.4 Å². The molecular formula is C34H51N3O3. The molecular weight excluding hydrogens is 498 g/mol. The summed E-state index contributed by atoms with van der Waals surface area (Å²) in [6.45, 7) is 10.8. The van der Waals surface area contributed by atoms with Crippen molar-refractivity contribution in [2.75, 3.05) is 38.2 Å². The summed E-state index contributed by atoms with van der Waals surface area (Å²) in [6.07, 6.45) is 17.4. The van der Waals surface area contributed by atoms with Gasteiger partial charge in [-0.3, -0.25) is 9.78 Å². The van der Waals surface area contributed by atoms with Gasteiger partial charge in [-0.25, -0.2) is 0 Å². The van der Waals surface area contributed by atoms with Crippen LogP contribution >= 0.6 is 0 Å². The molecule has 1 aromatic rings. The SMILES string of the molecule is COc1cncc(N2CCN(C(=O)CC[C@@H](C)[C@H]3CC[C@H]4[C@@H]5CC=C6C[C@@H](O)CC[C@]6(C)[C@H]5CC[C@]34C)CC2)c1. The summed E-state index contributed by atoms with van der Waals surface area (Å²) in [4.78, 5) is 21.9. The van der Waals surface area contributed by atoms with Crippen molar-refractivity contribution in [1.82, 2.24) is 9.88 Å². The molecule has 40 heavy (non-hydrogen) atoms. The molecule has 0 spiro atoms. The number of hydrogen-bond acceptors (Lipinski definition) is 5. The van der Waals surface area contributed by atoms with Crippen LogP contribution in [0.2, 0.25) is 0 Å². The molecule has 1 amide bonds. The van der Waals surface area contributed by atoms with E-state index >= 15 is 0 Å². The molecule has 1 aliphatic heterocycles. The number of methoxy groups -OCH3 is 1. The summed E-state index contributed by atoms with van der Waals surface area (Å²) in [5.41, 5.74) is 3.36. The van der Waals surface area contributed by atoms with Crippen molar-refractivity contribution < 1.29 is 14.6 Å². The Hall–Kier alpha value is -2.08. The number of anilines is 1. The number of amides is 1. The summed E-state index contributed by atoms with van der Waals surface area (Å²) in [7, 11) is 1.67. The third-order valence-electron chi connectivity index (χ3n) is 12.6. The van der Waals surface area contributed by atoms with E-state index in [2.05, 4.69) is 41.6 Å². The fourth-order valence-electron chi connectivity index (χ4n) is 10.2. The Kier molecular flexibility index (Phi) is 7.69. The number of allylic oxidation sites excluding steroid dienone is 1. The smallest absolute Gasteiger partial charge is 0.222 e. The lowest BCUT2D eigenvalue weighted by molar-refractivity contribution is -0.132. The van der Waals surface area contributed by atoms with Crippen LogP contribution in [0.4, 0.5) is 5.69 Å². The third-order valence-corrected chi connectivity index (χ3v) is 12.6. The van der Waals surface area contributed by atoms with Gasteiger partial charge in [-0.2, -0.15) is 0 Å². The summed E-state index contributed by atoms with van der Waals surface area (Å²) in [6, 6.07) is 2.03. The van der Waals surface area contributed by atoms with E-state index in [1.807, 2.05) is 12.3 Å². The summed E-state index contributed by atoms with van der Waals surface area (Å²) in [5, 5.41) is 10.3. The van der Waals surface area contributed by atoms with E-state index in [9.17, 15) is 9.90 Å². The Balaban J connectivity index is 1.03. The standard InChI is InChI=1S/C34H51N3O3/c1-23(5-10-32(39)37-17-15-36(16-18-37)25-20-27(40-4)22-35-21-25)29-8-9-30-28-7-6-24-19-26(38)11-13-33(24,2)31(28)12-14-34(29,30)3/h6,20-23,26,28-31,38H,5,7-19H2,1-4H3/t23-,26+,28+,29-,30+,31+,33+,34-/m1/s1. The molecule has 3 saturated carbocycles. The largest absolute Gasteiger partial charge is 0.495 e. The number of hydrogen-bond donors (Lipinski definition) is 1. The van der Waals surface area contributed by atoms with E-state index in [0.29, 0.717) is 29.1 Å². The molecule has 5 aliphatic rings. The van der Waals surface area contributed by atoms with Crippen molar-refractivity contribution in [3.05, 3.63) is 30.1 Å². The van der Waals surface area contributed by atoms with Crippen molar-refractivity contribution in [2.24, 2.45) is 40.4 Å². The van der Waals surface area contributed by atoms with Crippen molar-refractivity contribution in [2.45, 2.75) is 91.1 Å². The van der Waals surface area contributed by atoms with Crippen LogP contribution in [-0.4, -0.2) is 60.3 Å². The first-order chi connectivity index (χ1) is 19.2. The Morgan fingerprint density at radius 3 is 2.67 bits per heavy atom. The highest BCUT2D eigenvalue weighted by Gasteiger charge is 2.59. The average molecular weight is 550 g/mol. The molecule has 1 aromatic heterocycles. The predicted molar refractivity (Wildman–Crippen MR) is 159 cm³/mol. The second-order valence-electron chi connectivity index (χ2n) is 14.4. The fraction of sp³-hybridized carbons (Fsp3) is 0.765. The Bertz CT molecular complexity index is 1110. The molecule has 8 atom stereocenters. The van der Waals surface area contributed by atoms with Gasteiger partial charge >= 0.3 is 0 Å². The number of piperazine rings is 1. The normalized spacial score (nSPS) is 38.1. The second kappa shape index (κ2) is 11.0. The minimum Gasteiger partial charge on any atom is -0.495 e. The van der Waals surface area contributed by atoms with Crippen LogP contribution in [0.3, 0.4) is 0 Å². The number of carbonyl (C=O) groups is 1. The molecule has 0 bridgehead atoms. The van der Waals surface area contributed by atoms with Gasteiger partial charge in [-0.05, 0) is 98.2 Å². The van der Waals surface area contributed by atoms with Gasteiger partial charge in [0.25, 0.3) is 0 Å². The first-order valence-electron chi connectivity index (χ1n) is 16.1. The van der Waals surface area contributed by atoms with E-state index in [1.165, 1.54) is 32.1 Å². The van der Waals surface area contributed by atoms with Gasteiger partial charge in [0.1, 0.15) is 5.75 Å². The van der Waals surface area contributed by atoms with Crippen LogP contribution in [0.15, 0.2) is 30.1 Å². The zero-order chi connectivity index (χ0) is 28.1. The second-order valence-corrected chi connectivity index (χ2v) is 14.4. The van der Waals surface area contributed by atoms with Crippen molar-refractivity contribution >= 4 is 11.6 Å². The number of rotatable bonds is 6. The van der Waals surface area contributed by atoms with Gasteiger partial charge < -0.3 is 19.6 Å². The Morgan fingerprint density at radius 1 is 1.10 bits per heavy atom. The highest BCUT2D eigenvalue weighted by molar-refractivity contribution is 5.76. The summed E-state index contributed by atoms with van der Waals surface area (Å²) >= 11 is 0. The summed E-state index contributed by atoms with van der Waals surface area (Å²) < 4.78 is 5.33. The molecule has 1 N–H and O–H groups in total. The molecule has 220 valence electrons. The topological polar surface area (TPSA) is 65.9 Å². The van der Waals surface area contributed by atoms with E-state index < -0.39 is 0 Å². The van der Waals surface area contributed by atoms with Gasteiger partial charge in [-0.15, -0.1) is 0 Å². The lowest BCUT2D eigenvalue weighted by atomic mass is 9.47. The molecule has 6 heteroatoms. The number of nitrogens with zero attached hydrogens (tertiary/aromatic N) is 3. The van der Waals surface area contributed by atoms with Gasteiger partial charge in [0.15, 0.2) is 0 Å². The highest BCUT2D eigenvalue weighted by atomic mass is 16.5. The van der Waals surface area contributed by atoms with E-state index in [4.69, 9.17) is 4.74 Å². The van der Waals surface area contributed by atoms with Gasteiger partial charge in [0.2, 0.25) is 5.91 Å². The van der Waals surface area contributed by atoms with Crippen LogP contribution < -0.4 is 9.64 Å². The minimum absolute atomic E-state index is 0.127. The molecule has 0 radical (unpaired) electrons. The van der Waals surface area contributed by atoms with Crippen LogP contribution in [-0.2, 0) is 4.79 Å². The molecule has 4 fully saturated rings. The molecule has 4 aliphatic carbocycles. The molecule has 6 nitrogen and oxygen atoms in total. The number of fused-ring (bicyclic) bond motifs is 5. The molecule has 0 unspecified atom stereocenters. The van der Waals surface area contributed by atoms with Crippen molar-refractivity contribution in [1.29, 1.82) is 0 Å². The molecule has 6 rings (SSSR count). The van der Waals surface area contributed by atoms with Gasteiger partial charge in [0, 0.05) is 38.7 Å². The fourth-order valence-corrected chi connectivity index (χ4v) is 10.2. The number of aromatic nitrogens is 1. The lowest BCUT2D eigenvalue weighted by Crippen LogP contribution is -2.51. The maximum Gasteiger partial charge on any atom is 0.222 e. The Morgan fingerprint density at radius 2 is 1.90 bits per heavy atom. The van der Waals surface area contributed by atoms with Crippen LogP contribution in [0.5, 0.6) is 5.75 Å². The number of aliphatic hydroxyl groups excluding tert-OH is 1. The van der Waals surface area contributed by atoms with Crippen LogP contribution in [0.1, 0.15) is 85.0 Å². The monoisotopic (exact) mass is 549 g/mol. The average Bonchev–Trinajstić information content (AvgIpc) is 3.33. The summed E-state index contributed by atoms with van der Waals surface area (Å²) in [5.74, 6) is 4.84.